The van der Waals surface area contributed by atoms with Gasteiger partial charge in [-0.1, -0.05) is 31.2 Å². The molecule has 30 heavy (non-hydrogen) atoms. The molecule has 2 aromatic heterocycles. The first-order valence-electron chi connectivity index (χ1n) is 10.3. The lowest BCUT2D eigenvalue weighted by molar-refractivity contribution is 0.180. The van der Waals surface area contributed by atoms with Gasteiger partial charge >= 0.3 is 0 Å². The number of halogens is 1. The number of likely N-dealkylation sites (tertiary alicyclic amines) is 1. The summed E-state index contributed by atoms with van der Waals surface area (Å²) in [5, 5.41) is 8.43. The number of nitrogens with two attached hydrogens (primary N) is 1. The predicted molar refractivity (Wildman–Crippen MR) is 121 cm³/mol. The summed E-state index contributed by atoms with van der Waals surface area (Å²) < 4.78 is 7.15. The van der Waals surface area contributed by atoms with E-state index in [2.05, 4.69) is 44.7 Å². The Labute approximate surface area is 181 Å². The molecule has 1 aliphatic heterocycles. The van der Waals surface area contributed by atoms with Crippen molar-refractivity contribution in [3.63, 3.8) is 0 Å². The molecule has 0 radical (unpaired) electrons. The number of oxazole rings is 1. The van der Waals surface area contributed by atoms with Gasteiger partial charge in [-0.25, -0.2) is 0 Å². The van der Waals surface area contributed by atoms with Crippen LogP contribution < -0.4 is 11.1 Å². The third-order valence-electron chi connectivity index (χ3n) is 5.49. The lowest BCUT2D eigenvalue weighted by Gasteiger charge is -2.31. The Kier molecular flexibility index (Phi) is 6.11. The van der Waals surface area contributed by atoms with Crippen LogP contribution in [0.5, 0.6) is 0 Å². The second kappa shape index (κ2) is 8.93. The number of anilines is 2. The standard InChI is InChI=1S/C22H27ClN6O/c1-3-8-28-9-6-18(7-10-28)29-13-17(12-25-29)16-4-5-19(23)20(11-16)26-15(2)21-14-30-22(24)27-21/h4-5,11-14,18,26H,2-3,6-10H2,1H3,(H2,24,27). The van der Waals surface area contributed by atoms with Crippen LogP contribution >= 0.6 is 11.6 Å². The number of rotatable bonds is 7. The number of piperidine rings is 1. The predicted octanol–water partition coefficient (Wildman–Crippen LogP) is 4.90. The van der Waals surface area contributed by atoms with E-state index >= 15 is 0 Å². The minimum absolute atomic E-state index is 0.0979. The number of nitrogens with zero attached hydrogens (tertiary/aromatic N) is 4. The van der Waals surface area contributed by atoms with E-state index < -0.39 is 0 Å². The lowest BCUT2D eigenvalue weighted by atomic mass is 10.0. The van der Waals surface area contributed by atoms with Gasteiger partial charge in [-0.2, -0.15) is 10.1 Å². The molecule has 0 amide bonds. The van der Waals surface area contributed by atoms with Crippen molar-refractivity contribution in [2.75, 3.05) is 30.7 Å². The second-order valence-corrected chi connectivity index (χ2v) is 8.06. The molecule has 0 unspecified atom stereocenters. The summed E-state index contributed by atoms with van der Waals surface area (Å²) in [6.07, 6.45) is 8.97. The quantitative estimate of drug-likeness (QED) is 0.558. The van der Waals surface area contributed by atoms with Crippen LogP contribution in [-0.2, 0) is 0 Å². The zero-order valence-electron chi connectivity index (χ0n) is 17.1. The zero-order chi connectivity index (χ0) is 21.1. The first-order chi connectivity index (χ1) is 14.5. The van der Waals surface area contributed by atoms with Gasteiger partial charge in [0.05, 0.1) is 28.6 Å². The summed E-state index contributed by atoms with van der Waals surface area (Å²) in [4.78, 5) is 6.61. The van der Waals surface area contributed by atoms with Crippen LogP contribution in [0.25, 0.3) is 16.8 Å². The molecule has 158 valence electrons. The zero-order valence-corrected chi connectivity index (χ0v) is 17.9. The molecule has 0 atom stereocenters. The van der Waals surface area contributed by atoms with E-state index in [4.69, 9.17) is 21.8 Å². The summed E-state index contributed by atoms with van der Waals surface area (Å²) >= 11 is 6.39. The molecule has 8 heteroatoms. The number of aromatic nitrogens is 3. The Morgan fingerprint density at radius 1 is 1.33 bits per heavy atom. The normalized spacial score (nSPS) is 15.4. The highest BCUT2D eigenvalue weighted by Gasteiger charge is 2.21. The van der Waals surface area contributed by atoms with E-state index in [9.17, 15) is 0 Å². The highest BCUT2D eigenvalue weighted by Crippen LogP contribution is 2.32. The van der Waals surface area contributed by atoms with Crippen molar-refractivity contribution < 1.29 is 4.42 Å². The van der Waals surface area contributed by atoms with Gasteiger partial charge in [-0.15, -0.1) is 0 Å². The first-order valence-corrected chi connectivity index (χ1v) is 10.6. The van der Waals surface area contributed by atoms with E-state index in [0.29, 0.717) is 22.5 Å². The van der Waals surface area contributed by atoms with Crippen LogP contribution in [0.1, 0.15) is 37.9 Å². The van der Waals surface area contributed by atoms with Gasteiger partial charge in [0.2, 0.25) is 0 Å². The molecular weight excluding hydrogens is 400 g/mol. The van der Waals surface area contributed by atoms with Gasteiger partial charge in [0.25, 0.3) is 6.01 Å². The van der Waals surface area contributed by atoms with Crippen molar-refractivity contribution in [1.29, 1.82) is 0 Å². The third kappa shape index (κ3) is 4.52. The summed E-state index contributed by atoms with van der Waals surface area (Å²) in [6, 6.07) is 6.40. The van der Waals surface area contributed by atoms with E-state index in [1.165, 1.54) is 19.2 Å². The molecule has 0 bridgehead atoms. The highest BCUT2D eigenvalue weighted by molar-refractivity contribution is 6.33. The van der Waals surface area contributed by atoms with Crippen LogP contribution in [0.15, 0.2) is 47.9 Å². The van der Waals surface area contributed by atoms with Crippen LogP contribution in [-0.4, -0.2) is 39.3 Å². The minimum Gasteiger partial charge on any atom is -0.432 e. The van der Waals surface area contributed by atoms with Crippen molar-refractivity contribution in [2.24, 2.45) is 0 Å². The largest absolute Gasteiger partial charge is 0.432 e. The Morgan fingerprint density at radius 3 is 2.83 bits per heavy atom. The van der Waals surface area contributed by atoms with Crippen molar-refractivity contribution >= 4 is 29.0 Å². The van der Waals surface area contributed by atoms with Crippen LogP contribution in [0.3, 0.4) is 0 Å². The molecule has 4 rings (SSSR count). The SMILES string of the molecule is C=C(Nc1cc(-c2cnn(C3CCN(CCC)CC3)c2)ccc1Cl)c1coc(N)n1. The fourth-order valence-corrected chi connectivity index (χ4v) is 4.03. The molecule has 3 heterocycles. The number of hydrogen-bond acceptors (Lipinski definition) is 6. The van der Waals surface area contributed by atoms with Crippen molar-refractivity contribution in [1.82, 2.24) is 19.7 Å². The van der Waals surface area contributed by atoms with Gasteiger partial charge in [-0.05, 0) is 43.5 Å². The average Bonchev–Trinajstić information content (AvgIpc) is 3.40. The van der Waals surface area contributed by atoms with Crippen LogP contribution in [0, 0.1) is 0 Å². The second-order valence-electron chi connectivity index (χ2n) is 7.65. The molecule has 0 saturated carbocycles. The molecule has 1 fully saturated rings. The summed E-state index contributed by atoms with van der Waals surface area (Å²) in [7, 11) is 0. The number of benzene rings is 1. The van der Waals surface area contributed by atoms with Crippen LogP contribution in [0.2, 0.25) is 5.02 Å². The maximum Gasteiger partial charge on any atom is 0.292 e. The van der Waals surface area contributed by atoms with E-state index in [0.717, 1.165) is 42.7 Å². The fourth-order valence-electron chi connectivity index (χ4n) is 3.86. The number of hydrogen-bond donors (Lipinski definition) is 2. The smallest absolute Gasteiger partial charge is 0.292 e. The Balaban J connectivity index is 1.47. The summed E-state index contributed by atoms with van der Waals surface area (Å²) in [5.41, 5.74) is 9.47. The average molecular weight is 427 g/mol. The molecule has 3 aromatic rings. The van der Waals surface area contributed by atoms with E-state index in [1.54, 1.807) is 0 Å². The summed E-state index contributed by atoms with van der Waals surface area (Å²) in [6.45, 7) is 9.68. The molecule has 0 aliphatic carbocycles. The van der Waals surface area contributed by atoms with Gasteiger partial charge < -0.3 is 20.4 Å². The van der Waals surface area contributed by atoms with Crippen molar-refractivity contribution in [3.8, 4) is 11.1 Å². The van der Waals surface area contributed by atoms with Crippen molar-refractivity contribution in [3.05, 3.63) is 54.2 Å². The molecule has 1 aliphatic rings. The van der Waals surface area contributed by atoms with Gasteiger partial charge in [0.1, 0.15) is 12.0 Å². The molecule has 3 N–H and O–H groups in total. The first kappa shape index (κ1) is 20.5. The minimum atomic E-state index is 0.0979. The molecule has 7 nitrogen and oxygen atoms in total. The Morgan fingerprint density at radius 2 is 2.13 bits per heavy atom. The van der Waals surface area contributed by atoms with Crippen molar-refractivity contribution in [2.45, 2.75) is 32.2 Å². The van der Waals surface area contributed by atoms with E-state index in [1.807, 2.05) is 24.4 Å². The molecule has 1 aromatic carbocycles. The van der Waals surface area contributed by atoms with E-state index in [-0.39, 0.29) is 6.01 Å². The monoisotopic (exact) mass is 426 g/mol. The topological polar surface area (TPSA) is 85.1 Å². The number of nitrogen functional groups attached to an aromatic ring is 1. The summed E-state index contributed by atoms with van der Waals surface area (Å²) in [5.74, 6) is 0. The molecule has 0 spiro atoms. The highest BCUT2D eigenvalue weighted by atomic mass is 35.5. The maximum absolute atomic E-state index is 6.39. The molecular formula is C22H27ClN6O. The third-order valence-corrected chi connectivity index (χ3v) is 5.82. The maximum atomic E-state index is 6.39. The lowest BCUT2D eigenvalue weighted by Crippen LogP contribution is -2.35. The van der Waals surface area contributed by atoms with Gasteiger partial charge in [-0.3, -0.25) is 4.68 Å². The van der Waals surface area contributed by atoms with Gasteiger partial charge in [0, 0.05) is 24.8 Å². The van der Waals surface area contributed by atoms with Gasteiger partial charge in [0.15, 0.2) is 0 Å². The fraction of sp³-hybridized carbons (Fsp3) is 0.364. The Hall–Kier alpha value is -2.77. The number of nitrogens with one attached hydrogen (secondary N) is 1. The van der Waals surface area contributed by atoms with Crippen LogP contribution in [0.4, 0.5) is 11.7 Å². The Bertz CT molecular complexity index is 1020. The molecule has 1 saturated heterocycles.